The van der Waals surface area contributed by atoms with Gasteiger partial charge in [0.25, 0.3) is 0 Å². The van der Waals surface area contributed by atoms with E-state index in [2.05, 4.69) is 65.0 Å². The minimum absolute atomic E-state index is 0. The summed E-state index contributed by atoms with van der Waals surface area (Å²) in [4.78, 5) is 6.78. The second-order valence-electron chi connectivity index (χ2n) is 5.52. The van der Waals surface area contributed by atoms with Crippen molar-refractivity contribution >= 4 is 41.3 Å². The van der Waals surface area contributed by atoms with E-state index in [1.807, 2.05) is 7.05 Å². The Balaban J connectivity index is 0.00000441. The Labute approximate surface area is 156 Å². The Bertz CT molecular complexity index is 402. The molecule has 1 aromatic heterocycles. The third kappa shape index (κ3) is 7.28. The summed E-state index contributed by atoms with van der Waals surface area (Å²) in [6, 6.07) is 2.61. The lowest BCUT2D eigenvalue weighted by molar-refractivity contribution is 0.219. The molecule has 0 amide bonds. The SMILES string of the molecule is CCN(CC)C(CNC(=NC)NCC(C)C)c1ccsc1.I. The molecule has 1 rings (SSSR count). The number of nitrogens with zero attached hydrogens (tertiary/aromatic N) is 2. The van der Waals surface area contributed by atoms with Crippen LogP contribution in [0.3, 0.4) is 0 Å². The topological polar surface area (TPSA) is 39.7 Å². The second-order valence-corrected chi connectivity index (χ2v) is 6.30. The highest BCUT2D eigenvalue weighted by molar-refractivity contribution is 14.0. The summed E-state index contributed by atoms with van der Waals surface area (Å²) in [5.41, 5.74) is 1.38. The van der Waals surface area contributed by atoms with Gasteiger partial charge >= 0.3 is 0 Å². The predicted molar refractivity (Wildman–Crippen MR) is 110 cm³/mol. The van der Waals surface area contributed by atoms with Gasteiger partial charge in [-0.3, -0.25) is 9.89 Å². The number of hydrogen-bond acceptors (Lipinski definition) is 3. The lowest BCUT2D eigenvalue weighted by Gasteiger charge is -2.30. The van der Waals surface area contributed by atoms with Crippen molar-refractivity contribution in [3.63, 3.8) is 0 Å². The number of thiophene rings is 1. The summed E-state index contributed by atoms with van der Waals surface area (Å²) < 4.78 is 0. The van der Waals surface area contributed by atoms with Crippen molar-refractivity contribution in [2.24, 2.45) is 10.9 Å². The van der Waals surface area contributed by atoms with Crippen LogP contribution in [-0.4, -0.2) is 44.1 Å². The van der Waals surface area contributed by atoms with E-state index < -0.39 is 0 Å². The number of nitrogens with one attached hydrogen (secondary N) is 2. The molecule has 0 spiro atoms. The van der Waals surface area contributed by atoms with Crippen LogP contribution in [0, 0.1) is 5.92 Å². The van der Waals surface area contributed by atoms with Gasteiger partial charge in [0.1, 0.15) is 0 Å². The summed E-state index contributed by atoms with van der Waals surface area (Å²) in [6.45, 7) is 12.7. The van der Waals surface area contributed by atoms with Crippen molar-refractivity contribution in [1.29, 1.82) is 0 Å². The standard InChI is InChI=1S/C16H30N4S.HI/c1-6-20(7-2)15(14-8-9-21-12-14)11-19-16(17-5)18-10-13(3)4;/h8-9,12-13,15H,6-7,10-11H2,1-5H3,(H2,17,18,19);1H. The van der Waals surface area contributed by atoms with E-state index in [-0.39, 0.29) is 24.0 Å². The normalized spacial score (nSPS) is 13.1. The molecule has 1 heterocycles. The third-order valence-electron chi connectivity index (χ3n) is 3.55. The van der Waals surface area contributed by atoms with Gasteiger partial charge in [-0.2, -0.15) is 11.3 Å². The van der Waals surface area contributed by atoms with Crippen LogP contribution >= 0.6 is 35.3 Å². The molecule has 0 aliphatic rings. The fraction of sp³-hybridized carbons (Fsp3) is 0.688. The van der Waals surface area contributed by atoms with E-state index in [9.17, 15) is 0 Å². The minimum Gasteiger partial charge on any atom is -0.356 e. The van der Waals surface area contributed by atoms with Gasteiger partial charge in [-0.25, -0.2) is 0 Å². The molecule has 4 nitrogen and oxygen atoms in total. The van der Waals surface area contributed by atoms with E-state index in [0.29, 0.717) is 12.0 Å². The van der Waals surface area contributed by atoms with Crippen molar-refractivity contribution < 1.29 is 0 Å². The van der Waals surface area contributed by atoms with E-state index >= 15 is 0 Å². The molecule has 1 atom stereocenters. The first-order valence-electron chi connectivity index (χ1n) is 7.82. The molecule has 0 aliphatic heterocycles. The molecule has 22 heavy (non-hydrogen) atoms. The first kappa shape index (κ1) is 21.7. The van der Waals surface area contributed by atoms with Crippen LogP contribution in [0.1, 0.15) is 39.3 Å². The molecule has 0 aliphatic carbocycles. The lowest BCUT2D eigenvalue weighted by atomic mass is 10.1. The Morgan fingerprint density at radius 2 is 1.86 bits per heavy atom. The van der Waals surface area contributed by atoms with Gasteiger partial charge in [-0.1, -0.05) is 27.7 Å². The van der Waals surface area contributed by atoms with E-state index in [1.54, 1.807) is 11.3 Å². The van der Waals surface area contributed by atoms with Crippen LogP contribution < -0.4 is 10.6 Å². The molecule has 6 heteroatoms. The number of likely N-dealkylation sites (N-methyl/N-ethyl adjacent to an activating group) is 1. The van der Waals surface area contributed by atoms with Crippen LogP contribution in [0.4, 0.5) is 0 Å². The van der Waals surface area contributed by atoms with Gasteiger partial charge < -0.3 is 10.6 Å². The summed E-state index contributed by atoms with van der Waals surface area (Å²) in [5, 5.41) is 11.2. The zero-order valence-electron chi connectivity index (χ0n) is 14.4. The van der Waals surface area contributed by atoms with Gasteiger partial charge in [0.2, 0.25) is 0 Å². The number of rotatable bonds is 8. The molecule has 0 saturated carbocycles. The van der Waals surface area contributed by atoms with Crippen LogP contribution in [0.2, 0.25) is 0 Å². The second kappa shape index (κ2) is 12.1. The third-order valence-corrected chi connectivity index (χ3v) is 4.25. The van der Waals surface area contributed by atoms with E-state index in [0.717, 1.165) is 32.1 Å². The predicted octanol–water partition coefficient (Wildman–Crippen LogP) is 3.57. The summed E-state index contributed by atoms with van der Waals surface area (Å²) in [5.74, 6) is 1.50. The summed E-state index contributed by atoms with van der Waals surface area (Å²) in [6.07, 6.45) is 0. The van der Waals surface area contributed by atoms with Gasteiger partial charge in [0.05, 0.1) is 6.04 Å². The van der Waals surface area contributed by atoms with Crippen LogP contribution in [-0.2, 0) is 0 Å². The highest BCUT2D eigenvalue weighted by Crippen LogP contribution is 2.22. The van der Waals surface area contributed by atoms with Crippen LogP contribution in [0.25, 0.3) is 0 Å². The Morgan fingerprint density at radius 3 is 2.32 bits per heavy atom. The molecule has 0 fully saturated rings. The van der Waals surface area contributed by atoms with Crippen molar-refractivity contribution in [3.8, 4) is 0 Å². The molecule has 2 N–H and O–H groups in total. The first-order valence-corrected chi connectivity index (χ1v) is 8.77. The van der Waals surface area contributed by atoms with Gasteiger partial charge in [-0.05, 0) is 41.4 Å². The summed E-state index contributed by atoms with van der Waals surface area (Å²) >= 11 is 1.76. The van der Waals surface area contributed by atoms with Crippen molar-refractivity contribution in [2.45, 2.75) is 33.7 Å². The quantitative estimate of drug-likeness (QED) is 0.370. The number of halogens is 1. The molecule has 0 radical (unpaired) electrons. The molecular formula is C16H31IN4S. The minimum atomic E-state index is 0. The zero-order chi connectivity index (χ0) is 15.7. The molecule has 1 aromatic rings. The fourth-order valence-corrected chi connectivity index (χ4v) is 3.01. The lowest BCUT2D eigenvalue weighted by Crippen LogP contribution is -2.44. The maximum Gasteiger partial charge on any atom is 0.191 e. The Morgan fingerprint density at radius 1 is 1.23 bits per heavy atom. The molecule has 0 saturated heterocycles. The molecule has 128 valence electrons. The number of hydrogen-bond donors (Lipinski definition) is 2. The Hall–Kier alpha value is -0.340. The maximum atomic E-state index is 4.30. The molecular weight excluding hydrogens is 407 g/mol. The Kier molecular flexibility index (Phi) is 11.9. The van der Waals surface area contributed by atoms with Crippen LogP contribution in [0.5, 0.6) is 0 Å². The fourth-order valence-electron chi connectivity index (χ4n) is 2.30. The first-order chi connectivity index (χ1) is 10.1. The van der Waals surface area contributed by atoms with Crippen molar-refractivity contribution in [2.75, 3.05) is 33.2 Å². The van der Waals surface area contributed by atoms with Crippen molar-refractivity contribution in [3.05, 3.63) is 22.4 Å². The maximum absolute atomic E-state index is 4.30. The van der Waals surface area contributed by atoms with Crippen LogP contribution in [0.15, 0.2) is 21.8 Å². The van der Waals surface area contributed by atoms with E-state index in [1.165, 1.54) is 5.56 Å². The molecule has 1 unspecified atom stereocenters. The largest absolute Gasteiger partial charge is 0.356 e. The monoisotopic (exact) mass is 438 g/mol. The summed E-state index contributed by atoms with van der Waals surface area (Å²) in [7, 11) is 1.83. The van der Waals surface area contributed by atoms with Gasteiger partial charge in [-0.15, -0.1) is 24.0 Å². The number of guanidine groups is 1. The highest BCUT2D eigenvalue weighted by Gasteiger charge is 2.18. The zero-order valence-corrected chi connectivity index (χ0v) is 17.6. The van der Waals surface area contributed by atoms with Gasteiger partial charge in [0, 0.05) is 20.1 Å². The number of aliphatic imine (C=N–C) groups is 1. The molecule has 0 aromatic carbocycles. The molecule has 0 bridgehead atoms. The average Bonchev–Trinajstić information content (AvgIpc) is 3.00. The van der Waals surface area contributed by atoms with Crippen molar-refractivity contribution in [1.82, 2.24) is 15.5 Å². The smallest absolute Gasteiger partial charge is 0.191 e. The van der Waals surface area contributed by atoms with E-state index in [4.69, 9.17) is 0 Å². The average molecular weight is 438 g/mol. The highest BCUT2D eigenvalue weighted by atomic mass is 127. The van der Waals surface area contributed by atoms with Gasteiger partial charge in [0.15, 0.2) is 5.96 Å².